The maximum absolute atomic E-state index is 6.38. The highest BCUT2D eigenvalue weighted by atomic mass is 35.5. The number of hydrogen-bond donors (Lipinski definition) is 1. The minimum Gasteiger partial charge on any atom is -0.467 e. The number of rotatable bonds is 5. The zero-order valence-corrected chi connectivity index (χ0v) is 16.2. The van der Waals surface area contributed by atoms with Crippen molar-refractivity contribution in [3.8, 4) is 28.8 Å². The second kappa shape index (κ2) is 7.99. The summed E-state index contributed by atoms with van der Waals surface area (Å²) in [6.45, 7) is 4.62. The van der Waals surface area contributed by atoms with E-state index in [4.69, 9.17) is 28.1 Å². The number of aromatic nitrogens is 3. The van der Waals surface area contributed by atoms with Crippen LogP contribution in [0.5, 0.6) is 6.01 Å². The molecule has 134 valence electrons. The van der Waals surface area contributed by atoms with Gasteiger partial charge in [-0.2, -0.15) is 9.97 Å². The molecule has 1 heterocycles. The molecular weight excluding hydrogens is 371 g/mol. The molecule has 5 nitrogen and oxygen atoms in total. The lowest BCUT2D eigenvalue weighted by molar-refractivity contribution is 0.379. The maximum atomic E-state index is 6.38. The van der Waals surface area contributed by atoms with E-state index in [1.165, 1.54) is 12.7 Å². The van der Waals surface area contributed by atoms with Crippen LogP contribution in [0, 0.1) is 13.8 Å². The van der Waals surface area contributed by atoms with Crippen molar-refractivity contribution in [3.05, 3.63) is 58.1 Å². The van der Waals surface area contributed by atoms with Crippen molar-refractivity contribution < 1.29 is 4.74 Å². The predicted molar refractivity (Wildman–Crippen MR) is 104 cm³/mol. The van der Waals surface area contributed by atoms with Crippen LogP contribution in [-0.4, -0.2) is 22.1 Å². The molecule has 2 aromatic carbocycles. The number of aryl methyl sites for hydroxylation is 2. The molecule has 0 bridgehead atoms. The average molecular weight is 389 g/mol. The molecule has 0 saturated heterocycles. The van der Waals surface area contributed by atoms with E-state index in [0.29, 0.717) is 28.8 Å². The average Bonchev–Trinajstić information content (AvgIpc) is 2.65. The molecular formula is C19H18Cl2N4O. The number of halogens is 2. The van der Waals surface area contributed by atoms with Crippen LogP contribution in [0.4, 0.5) is 0 Å². The van der Waals surface area contributed by atoms with Crippen molar-refractivity contribution in [3.63, 3.8) is 0 Å². The number of nitrogens with zero attached hydrogens (tertiary/aromatic N) is 3. The van der Waals surface area contributed by atoms with Crippen molar-refractivity contribution in [2.24, 2.45) is 0 Å². The first-order valence-electron chi connectivity index (χ1n) is 8.02. The van der Waals surface area contributed by atoms with Crippen LogP contribution in [-0.2, 0) is 6.54 Å². The third-order valence-corrected chi connectivity index (χ3v) is 4.57. The van der Waals surface area contributed by atoms with Crippen molar-refractivity contribution in [1.82, 2.24) is 19.8 Å². The first kappa shape index (κ1) is 18.6. The molecule has 1 aromatic heterocycles. The van der Waals surface area contributed by atoms with Crippen molar-refractivity contribution in [2.75, 3.05) is 7.11 Å². The van der Waals surface area contributed by atoms with Gasteiger partial charge in [-0.1, -0.05) is 29.8 Å². The summed E-state index contributed by atoms with van der Waals surface area (Å²) in [6, 6.07) is 11.9. The third-order valence-electron chi connectivity index (χ3n) is 4.11. The van der Waals surface area contributed by atoms with Gasteiger partial charge in [0.05, 0.1) is 12.1 Å². The highest BCUT2D eigenvalue weighted by Crippen LogP contribution is 2.29. The summed E-state index contributed by atoms with van der Waals surface area (Å²) in [5, 5.41) is 0.544. The molecule has 0 spiro atoms. The van der Waals surface area contributed by atoms with Gasteiger partial charge in [-0.05, 0) is 60.5 Å². The first-order chi connectivity index (χ1) is 12.5. The summed E-state index contributed by atoms with van der Waals surface area (Å²) in [7, 11) is 1.53. The van der Waals surface area contributed by atoms with Gasteiger partial charge in [0.25, 0.3) is 0 Å². The van der Waals surface area contributed by atoms with E-state index in [2.05, 4.69) is 33.6 Å². The Morgan fingerprint density at radius 3 is 2.42 bits per heavy atom. The molecule has 0 fully saturated rings. The van der Waals surface area contributed by atoms with Crippen LogP contribution >= 0.6 is 23.4 Å². The van der Waals surface area contributed by atoms with Gasteiger partial charge in [-0.25, -0.2) is 9.82 Å². The van der Waals surface area contributed by atoms with E-state index in [1.54, 1.807) is 6.07 Å². The normalized spacial score (nSPS) is 10.8. The fourth-order valence-electron chi connectivity index (χ4n) is 2.51. The predicted octanol–water partition coefficient (Wildman–Crippen LogP) is 4.73. The Hall–Kier alpha value is -2.21. The Morgan fingerprint density at radius 1 is 0.962 bits per heavy atom. The Balaban J connectivity index is 2.14. The molecule has 3 rings (SSSR count). The number of methoxy groups -OCH3 is 1. The van der Waals surface area contributed by atoms with Crippen LogP contribution in [0.3, 0.4) is 0 Å². The molecule has 0 saturated carbocycles. The van der Waals surface area contributed by atoms with Gasteiger partial charge in [-0.15, -0.1) is 0 Å². The van der Waals surface area contributed by atoms with Gasteiger partial charge in [0, 0.05) is 17.7 Å². The zero-order valence-electron chi connectivity index (χ0n) is 14.7. The molecule has 0 aliphatic heterocycles. The Labute approximate surface area is 162 Å². The van der Waals surface area contributed by atoms with E-state index in [9.17, 15) is 0 Å². The molecule has 26 heavy (non-hydrogen) atoms. The van der Waals surface area contributed by atoms with E-state index < -0.39 is 0 Å². The van der Waals surface area contributed by atoms with E-state index in [1.807, 2.05) is 30.3 Å². The minimum absolute atomic E-state index is 0.236. The highest BCUT2D eigenvalue weighted by molar-refractivity contribution is 6.33. The Kier molecular flexibility index (Phi) is 5.71. The van der Waals surface area contributed by atoms with E-state index in [0.717, 1.165) is 16.7 Å². The third kappa shape index (κ3) is 3.96. The summed E-state index contributed by atoms with van der Waals surface area (Å²) in [4.78, 5) is 16.0. The number of hydrogen-bond acceptors (Lipinski definition) is 5. The van der Waals surface area contributed by atoms with Gasteiger partial charge in [0.15, 0.2) is 11.6 Å². The fraction of sp³-hybridized carbons (Fsp3) is 0.211. The number of ether oxygens (including phenoxy) is 1. The van der Waals surface area contributed by atoms with Crippen LogP contribution in [0.1, 0.15) is 16.7 Å². The monoisotopic (exact) mass is 388 g/mol. The van der Waals surface area contributed by atoms with E-state index >= 15 is 0 Å². The SMILES string of the molecule is COc1nc(-c2ccc(C)c(C)c2)nc(-c2cc(CNCl)ccc2Cl)n1. The molecule has 0 radical (unpaired) electrons. The van der Waals surface area contributed by atoms with Gasteiger partial charge < -0.3 is 4.74 Å². The Bertz CT molecular complexity index is 947. The smallest absolute Gasteiger partial charge is 0.320 e. The fourth-order valence-corrected chi connectivity index (χ4v) is 2.87. The van der Waals surface area contributed by atoms with Crippen LogP contribution in [0.2, 0.25) is 5.02 Å². The Morgan fingerprint density at radius 2 is 1.73 bits per heavy atom. The van der Waals surface area contributed by atoms with Gasteiger partial charge >= 0.3 is 6.01 Å². The second-order valence-electron chi connectivity index (χ2n) is 5.89. The second-order valence-corrected chi connectivity index (χ2v) is 6.57. The maximum Gasteiger partial charge on any atom is 0.320 e. The quantitative estimate of drug-likeness (QED) is 0.640. The molecule has 0 atom stereocenters. The lowest BCUT2D eigenvalue weighted by atomic mass is 10.1. The van der Waals surface area contributed by atoms with Gasteiger partial charge in [0.1, 0.15) is 0 Å². The summed E-state index contributed by atoms with van der Waals surface area (Å²) in [5.74, 6) is 0.985. The summed E-state index contributed by atoms with van der Waals surface area (Å²) < 4.78 is 5.27. The first-order valence-corrected chi connectivity index (χ1v) is 8.77. The lowest BCUT2D eigenvalue weighted by Gasteiger charge is -2.10. The molecule has 7 heteroatoms. The summed E-state index contributed by atoms with van der Waals surface area (Å²) in [6.07, 6.45) is 0. The zero-order chi connectivity index (χ0) is 18.7. The summed E-state index contributed by atoms with van der Waals surface area (Å²) in [5.41, 5.74) is 4.93. The molecule has 3 aromatic rings. The van der Waals surface area contributed by atoms with Crippen molar-refractivity contribution >= 4 is 23.4 Å². The molecule has 0 aliphatic rings. The molecule has 0 amide bonds. The largest absolute Gasteiger partial charge is 0.467 e. The number of nitrogens with one attached hydrogen (secondary N) is 1. The summed E-state index contributed by atoms with van der Waals surface area (Å²) >= 11 is 12.0. The minimum atomic E-state index is 0.236. The highest BCUT2D eigenvalue weighted by Gasteiger charge is 2.14. The lowest BCUT2D eigenvalue weighted by Crippen LogP contribution is -2.03. The van der Waals surface area contributed by atoms with Crippen LogP contribution in [0.25, 0.3) is 22.8 Å². The van der Waals surface area contributed by atoms with Gasteiger partial charge in [-0.3, -0.25) is 0 Å². The standard InChI is InChI=1S/C19H18Cl2N4O/c1-11-4-6-14(8-12(11)2)17-23-18(25-19(24-17)26-3)15-9-13(10-22-21)5-7-16(15)20/h4-9,22H,10H2,1-3H3. The molecule has 0 aliphatic carbocycles. The topological polar surface area (TPSA) is 59.9 Å². The van der Waals surface area contributed by atoms with E-state index in [-0.39, 0.29) is 6.01 Å². The van der Waals surface area contributed by atoms with Crippen LogP contribution < -0.4 is 9.57 Å². The van der Waals surface area contributed by atoms with Crippen molar-refractivity contribution in [1.29, 1.82) is 0 Å². The molecule has 1 N–H and O–H groups in total. The van der Waals surface area contributed by atoms with Gasteiger partial charge in [0.2, 0.25) is 0 Å². The van der Waals surface area contributed by atoms with Crippen molar-refractivity contribution in [2.45, 2.75) is 20.4 Å². The number of benzene rings is 2. The van der Waals surface area contributed by atoms with Crippen LogP contribution in [0.15, 0.2) is 36.4 Å². The molecule has 0 unspecified atom stereocenters.